The van der Waals surface area contributed by atoms with Crippen molar-refractivity contribution in [2.75, 3.05) is 18.4 Å². The Morgan fingerprint density at radius 1 is 1.20 bits per heavy atom. The molecule has 0 atom stereocenters. The van der Waals surface area contributed by atoms with Crippen LogP contribution >= 0.6 is 11.6 Å². The molecule has 1 aromatic heterocycles. The topological polar surface area (TPSA) is 79.6 Å². The number of piperidine rings is 1. The van der Waals surface area contributed by atoms with Crippen molar-refractivity contribution in [3.8, 4) is 0 Å². The predicted octanol–water partition coefficient (Wildman–Crippen LogP) is 3.54. The lowest BCUT2D eigenvalue weighted by Gasteiger charge is -2.31. The van der Waals surface area contributed by atoms with Crippen molar-refractivity contribution in [1.82, 2.24) is 4.90 Å². The molecule has 1 fully saturated rings. The summed E-state index contributed by atoms with van der Waals surface area (Å²) in [5.74, 6) is 0.352. The lowest BCUT2D eigenvalue weighted by Crippen LogP contribution is -2.44. The molecule has 25 heavy (non-hydrogen) atoms. The van der Waals surface area contributed by atoms with Gasteiger partial charge in [-0.25, -0.2) is 13.2 Å². The van der Waals surface area contributed by atoms with E-state index in [1.165, 1.54) is 6.26 Å². The van der Waals surface area contributed by atoms with Crippen LogP contribution in [-0.2, 0) is 15.6 Å². The maximum atomic E-state index is 12.5. The van der Waals surface area contributed by atoms with Gasteiger partial charge in [-0.15, -0.1) is 0 Å². The van der Waals surface area contributed by atoms with Crippen LogP contribution in [0.25, 0.3) is 0 Å². The summed E-state index contributed by atoms with van der Waals surface area (Å²) in [6.45, 7) is 0.808. The van der Waals surface area contributed by atoms with Crippen LogP contribution in [0.15, 0.2) is 47.1 Å². The van der Waals surface area contributed by atoms with E-state index in [1.54, 1.807) is 41.3 Å². The molecule has 2 heterocycles. The van der Waals surface area contributed by atoms with E-state index in [0.717, 1.165) is 0 Å². The number of carbonyl (C=O) groups is 1. The Labute approximate surface area is 151 Å². The first kappa shape index (κ1) is 17.8. The second-order valence-electron chi connectivity index (χ2n) is 6.01. The highest BCUT2D eigenvalue weighted by molar-refractivity contribution is 7.91. The second kappa shape index (κ2) is 7.49. The molecule has 2 aromatic rings. The van der Waals surface area contributed by atoms with E-state index in [-0.39, 0.29) is 11.8 Å². The van der Waals surface area contributed by atoms with E-state index in [0.29, 0.717) is 42.4 Å². The molecule has 1 aliphatic rings. The Morgan fingerprint density at radius 3 is 2.48 bits per heavy atom. The molecule has 1 saturated heterocycles. The average molecular weight is 383 g/mol. The molecule has 1 N–H and O–H groups in total. The molecule has 0 aliphatic carbocycles. The molecular weight excluding hydrogens is 364 g/mol. The zero-order valence-electron chi connectivity index (χ0n) is 13.5. The van der Waals surface area contributed by atoms with Crippen molar-refractivity contribution in [1.29, 1.82) is 0 Å². The molecule has 8 heteroatoms. The lowest BCUT2D eigenvalue weighted by atomic mass is 10.1. The fraction of sp³-hybridized carbons (Fsp3) is 0.353. The number of nitrogens with one attached hydrogen (secondary N) is 1. The van der Waals surface area contributed by atoms with Gasteiger partial charge in [0.25, 0.3) is 0 Å². The van der Waals surface area contributed by atoms with Gasteiger partial charge in [0.05, 0.1) is 11.5 Å². The average Bonchev–Trinajstić information content (AvgIpc) is 3.09. The van der Waals surface area contributed by atoms with Gasteiger partial charge < -0.3 is 14.6 Å². The first-order valence-corrected chi connectivity index (χ1v) is 10.1. The summed E-state index contributed by atoms with van der Waals surface area (Å²) < 4.78 is 30.1. The third-order valence-corrected chi connectivity index (χ3v) is 6.68. The number of likely N-dealkylation sites (tertiary alicyclic amines) is 1. The largest absolute Gasteiger partial charge is 0.468 e. The van der Waals surface area contributed by atoms with Crippen LogP contribution in [0.4, 0.5) is 10.5 Å². The number of amides is 2. The second-order valence-corrected chi connectivity index (χ2v) is 8.73. The number of carbonyl (C=O) groups excluding carboxylic acids is 1. The first-order chi connectivity index (χ1) is 11.9. The monoisotopic (exact) mass is 382 g/mol. The van der Waals surface area contributed by atoms with Gasteiger partial charge in [-0.05, 0) is 49.2 Å². The number of hydrogen-bond donors (Lipinski definition) is 1. The number of rotatable bonds is 4. The molecule has 6 nitrogen and oxygen atoms in total. The molecule has 1 aromatic carbocycles. The van der Waals surface area contributed by atoms with E-state index in [2.05, 4.69) is 5.32 Å². The zero-order chi connectivity index (χ0) is 17.9. The van der Waals surface area contributed by atoms with E-state index >= 15 is 0 Å². The minimum Gasteiger partial charge on any atom is -0.468 e. The van der Waals surface area contributed by atoms with Gasteiger partial charge in [-0.2, -0.15) is 0 Å². The van der Waals surface area contributed by atoms with Gasteiger partial charge in [0.1, 0.15) is 11.5 Å². The Kier molecular flexibility index (Phi) is 5.34. The highest BCUT2D eigenvalue weighted by atomic mass is 35.5. The van der Waals surface area contributed by atoms with Gasteiger partial charge >= 0.3 is 6.03 Å². The van der Waals surface area contributed by atoms with Gasteiger partial charge in [-0.1, -0.05) is 11.6 Å². The van der Waals surface area contributed by atoms with Crippen molar-refractivity contribution in [2.24, 2.45) is 0 Å². The van der Waals surface area contributed by atoms with Crippen LogP contribution in [0.5, 0.6) is 0 Å². The minimum atomic E-state index is -3.29. The fourth-order valence-corrected chi connectivity index (χ4v) is 4.72. The Hall–Kier alpha value is -1.99. The molecule has 0 radical (unpaired) electrons. The standard InChI is InChI=1S/C17H19ClN2O4S/c18-13-3-5-14(6-4-13)19-17(21)20-9-7-16(8-10-20)25(22,23)12-15-2-1-11-24-15/h1-6,11,16H,7-10,12H2,(H,19,21). The number of hydrogen-bond acceptors (Lipinski definition) is 4. The third kappa shape index (κ3) is 4.55. The molecule has 2 amide bonds. The van der Waals surface area contributed by atoms with Crippen LogP contribution in [0, 0.1) is 0 Å². The molecule has 134 valence electrons. The van der Waals surface area contributed by atoms with Crippen molar-refractivity contribution in [3.63, 3.8) is 0 Å². The van der Waals surface area contributed by atoms with Crippen molar-refractivity contribution < 1.29 is 17.6 Å². The molecule has 1 aliphatic heterocycles. The summed E-state index contributed by atoms with van der Waals surface area (Å²) in [6, 6.07) is 9.95. The summed E-state index contributed by atoms with van der Waals surface area (Å²) in [7, 11) is -3.29. The zero-order valence-corrected chi connectivity index (χ0v) is 15.1. The number of nitrogens with zero attached hydrogens (tertiary/aromatic N) is 1. The Bertz CT molecular complexity index is 811. The van der Waals surface area contributed by atoms with Gasteiger partial charge in [0.2, 0.25) is 0 Å². The number of urea groups is 1. The molecule has 0 unspecified atom stereocenters. The van der Waals surface area contributed by atoms with Crippen LogP contribution in [0.1, 0.15) is 18.6 Å². The van der Waals surface area contributed by atoms with E-state index in [1.807, 2.05) is 0 Å². The van der Waals surface area contributed by atoms with Crippen LogP contribution in [-0.4, -0.2) is 37.7 Å². The Morgan fingerprint density at radius 2 is 1.88 bits per heavy atom. The highest BCUT2D eigenvalue weighted by Crippen LogP contribution is 2.22. The van der Waals surface area contributed by atoms with Gasteiger partial charge in [0, 0.05) is 23.8 Å². The predicted molar refractivity (Wildman–Crippen MR) is 96.4 cm³/mol. The van der Waals surface area contributed by atoms with Crippen LogP contribution in [0.3, 0.4) is 0 Å². The first-order valence-electron chi connectivity index (χ1n) is 7.99. The highest BCUT2D eigenvalue weighted by Gasteiger charge is 2.32. The maximum absolute atomic E-state index is 12.5. The van der Waals surface area contributed by atoms with Crippen LogP contribution in [0.2, 0.25) is 5.02 Å². The van der Waals surface area contributed by atoms with E-state index in [9.17, 15) is 13.2 Å². The SMILES string of the molecule is O=C(Nc1ccc(Cl)cc1)N1CCC(S(=O)(=O)Cc2ccco2)CC1. The maximum Gasteiger partial charge on any atom is 0.321 e. The quantitative estimate of drug-likeness (QED) is 0.876. The molecule has 3 rings (SSSR count). The van der Waals surface area contributed by atoms with Crippen LogP contribution < -0.4 is 5.32 Å². The number of sulfone groups is 1. The fourth-order valence-electron chi connectivity index (χ4n) is 2.86. The lowest BCUT2D eigenvalue weighted by molar-refractivity contribution is 0.200. The molecule has 0 spiro atoms. The normalized spacial score (nSPS) is 16.0. The van der Waals surface area contributed by atoms with E-state index < -0.39 is 15.1 Å². The summed E-state index contributed by atoms with van der Waals surface area (Å²) in [6.07, 6.45) is 2.32. The smallest absolute Gasteiger partial charge is 0.321 e. The number of halogens is 1. The van der Waals surface area contributed by atoms with E-state index in [4.69, 9.17) is 16.0 Å². The van der Waals surface area contributed by atoms with Crippen molar-refractivity contribution >= 4 is 33.2 Å². The van der Waals surface area contributed by atoms with Gasteiger partial charge in [0.15, 0.2) is 9.84 Å². The van der Waals surface area contributed by atoms with Gasteiger partial charge in [-0.3, -0.25) is 0 Å². The molecule has 0 bridgehead atoms. The summed E-state index contributed by atoms with van der Waals surface area (Å²) in [4.78, 5) is 13.9. The van der Waals surface area contributed by atoms with Crippen molar-refractivity contribution in [3.05, 3.63) is 53.4 Å². The summed E-state index contributed by atoms with van der Waals surface area (Å²) >= 11 is 5.82. The number of anilines is 1. The van der Waals surface area contributed by atoms with Crippen molar-refractivity contribution in [2.45, 2.75) is 23.8 Å². The Balaban J connectivity index is 1.54. The third-order valence-electron chi connectivity index (χ3n) is 4.26. The minimum absolute atomic E-state index is 0.0956. The number of furan rings is 1. The summed E-state index contributed by atoms with van der Waals surface area (Å²) in [5, 5.41) is 2.94. The number of benzene rings is 1. The molecule has 0 saturated carbocycles. The molecular formula is C17H19ClN2O4S. The summed E-state index contributed by atoms with van der Waals surface area (Å²) in [5.41, 5.74) is 0.655.